The van der Waals surface area contributed by atoms with Crippen LogP contribution in [0.4, 0.5) is 4.39 Å². The summed E-state index contributed by atoms with van der Waals surface area (Å²) in [5, 5.41) is 0. The van der Waals surface area contributed by atoms with E-state index in [1.54, 1.807) is 6.07 Å². The molecule has 0 unspecified atom stereocenters. The topological polar surface area (TPSA) is 9.23 Å². The van der Waals surface area contributed by atoms with E-state index in [1.807, 2.05) is 0 Å². The van der Waals surface area contributed by atoms with Crippen molar-refractivity contribution < 1.29 is 13.2 Å². The lowest BCUT2D eigenvalue weighted by atomic mass is 10.2. The Hall–Kier alpha value is -0.410. The van der Waals surface area contributed by atoms with E-state index < -0.39 is 12.9 Å². The van der Waals surface area contributed by atoms with Gasteiger partial charge in [0.2, 0.25) is 0 Å². The molecule has 0 fully saturated rings. The molecule has 1 aromatic carbocycles. The van der Waals surface area contributed by atoms with Crippen LogP contribution in [0.25, 0.3) is 0 Å². The number of methoxy groups -OCH3 is 1. The Morgan fingerprint density at radius 1 is 1.73 bits per heavy atom. The van der Waals surface area contributed by atoms with E-state index >= 15 is 0 Å². The van der Waals surface area contributed by atoms with Crippen molar-refractivity contribution in [1.82, 2.24) is 0 Å². The van der Waals surface area contributed by atoms with Gasteiger partial charge < -0.3 is 4.74 Å². The minimum absolute atomic E-state index is 0.124. The fraction of sp³-hybridized carbons (Fsp3) is 0.250. The zero-order valence-electron chi connectivity index (χ0n) is 8.60. The van der Waals surface area contributed by atoms with Crippen molar-refractivity contribution in [3.8, 4) is 0 Å². The maximum Gasteiger partial charge on any atom is 0.137 e. The van der Waals surface area contributed by atoms with Crippen LogP contribution in [-0.4, -0.2) is 7.04 Å². The van der Waals surface area contributed by atoms with Crippen LogP contribution < -0.4 is 0 Å². The molecule has 0 heterocycles. The van der Waals surface area contributed by atoms with E-state index in [0.29, 0.717) is 10.0 Å². The Morgan fingerprint density at radius 3 is 3.18 bits per heavy atom. The van der Waals surface area contributed by atoms with Gasteiger partial charge in [-0.25, -0.2) is 4.39 Å². The van der Waals surface area contributed by atoms with Crippen LogP contribution in [0.5, 0.6) is 0 Å². The van der Waals surface area contributed by atoms with E-state index in [4.69, 9.17) is 4.11 Å². The summed E-state index contributed by atoms with van der Waals surface area (Å²) in [6.45, 7) is -0.124. The highest BCUT2D eigenvalue weighted by Crippen LogP contribution is 2.16. The molecule has 0 aliphatic carbocycles. The molecular formula is C8H8BrFO. The van der Waals surface area contributed by atoms with Crippen LogP contribution in [0, 0.1) is 5.82 Å². The van der Waals surface area contributed by atoms with Crippen molar-refractivity contribution in [2.75, 3.05) is 7.04 Å². The summed E-state index contributed by atoms with van der Waals surface area (Å²) in [6.07, 6.45) is 0. The average Bonchev–Trinajstić information content (AvgIpc) is 2.06. The maximum atomic E-state index is 13.0. The maximum absolute atomic E-state index is 13.0. The van der Waals surface area contributed by atoms with Gasteiger partial charge in [-0.1, -0.05) is 6.07 Å². The highest BCUT2D eigenvalue weighted by atomic mass is 79.9. The van der Waals surface area contributed by atoms with Crippen molar-refractivity contribution in [2.45, 2.75) is 6.61 Å². The molecule has 60 valence electrons. The monoisotopic (exact) mass is 221 g/mol. The quantitative estimate of drug-likeness (QED) is 0.747. The molecule has 0 radical (unpaired) electrons. The summed E-state index contributed by atoms with van der Waals surface area (Å²) in [5.41, 5.74) is 0.488. The summed E-state index contributed by atoms with van der Waals surface area (Å²) in [6, 6.07) is 4.34. The first-order chi connectivity index (χ1) is 6.38. The average molecular weight is 222 g/mol. The molecule has 0 spiro atoms. The second kappa shape index (κ2) is 3.83. The Bertz CT molecular complexity index is 327. The fourth-order valence-electron chi connectivity index (χ4n) is 0.713. The van der Waals surface area contributed by atoms with Gasteiger partial charge in [0.25, 0.3) is 0 Å². The summed E-state index contributed by atoms with van der Waals surface area (Å²) in [4.78, 5) is 0. The molecule has 0 saturated heterocycles. The van der Waals surface area contributed by atoms with Gasteiger partial charge in [0, 0.05) is 7.04 Å². The summed E-state index contributed by atoms with van der Waals surface area (Å²) in [7, 11) is -2.44. The number of rotatable bonds is 2. The number of benzene rings is 1. The van der Waals surface area contributed by atoms with Crippen molar-refractivity contribution >= 4 is 15.9 Å². The molecule has 1 nitrogen and oxygen atoms in total. The normalized spacial score (nSPS) is 15.3. The number of halogens is 2. The predicted molar refractivity (Wildman–Crippen MR) is 44.8 cm³/mol. The standard InChI is InChI=1S/C8H8BrFO/c1-11-5-6-2-3-7(9)8(10)4-6/h2-4H,5H2,1H3/i1D3. The third-order valence-electron chi connectivity index (χ3n) is 1.22. The van der Waals surface area contributed by atoms with Gasteiger partial charge in [0.05, 0.1) is 15.2 Å². The van der Waals surface area contributed by atoms with Crippen LogP contribution in [0.2, 0.25) is 0 Å². The van der Waals surface area contributed by atoms with Gasteiger partial charge in [0.15, 0.2) is 0 Å². The van der Waals surface area contributed by atoms with Crippen LogP contribution in [0.1, 0.15) is 9.68 Å². The van der Waals surface area contributed by atoms with Crippen molar-refractivity contribution in [3.63, 3.8) is 0 Å². The summed E-state index contributed by atoms with van der Waals surface area (Å²) < 4.78 is 38.2. The lowest BCUT2D eigenvalue weighted by molar-refractivity contribution is 0.184. The zero-order chi connectivity index (χ0) is 10.8. The highest BCUT2D eigenvalue weighted by molar-refractivity contribution is 9.10. The largest absolute Gasteiger partial charge is 0.380 e. The molecule has 0 amide bonds. The Morgan fingerprint density at radius 2 is 2.55 bits per heavy atom. The van der Waals surface area contributed by atoms with Crippen LogP contribution in [0.15, 0.2) is 22.7 Å². The first-order valence-corrected chi connectivity index (χ1v) is 3.76. The molecule has 0 aromatic heterocycles. The Labute approximate surface area is 77.5 Å². The lowest BCUT2D eigenvalue weighted by Crippen LogP contribution is -1.88. The summed E-state index contributed by atoms with van der Waals surface area (Å²) >= 11 is 2.99. The van der Waals surface area contributed by atoms with Gasteiger partial charge >= 0.3 is 0 Å². The molecule has 0 atom stereocenters. The van der Waals surface area contributed by atoms with E-state index in [2.05, 4.69) is 20.7 Å². The molecule has 3 heteroatoms. The van der Waals surface area contributed by atoms with E-state index in [1.165, 1.54) is 12.1 Å². The molecule has 0 N–H and O–H groups in total. The van der Waals surface area contributed by atoms with E-state index in [-0.39, 0.29) is 6.61 Å². The van der Waals surface area contributed by atoms with Gasteiger partial charge in [-0.3, -0.25) is 0 Å². The van der Waals surface area contributed by atoms with Gasteiger partial charge in [-0.2, -0.15) is 0 Å². The molecule has 0 aliphatic rings. The SMILES string of the molecule is [2H]C([2H])([2H])OCc1ccc(Br)c(F)c1. The van der Waals surface area contributed by atoms with E-state index in [9.17, 15) is 4.39 Å². The minimum Gasteiger partial charge on any atom is -0.380 e. The second-order valence-electron chi connectivity index (χ2n) is 2.04. The van der Waals surface area contributed by atoms with Crippen LogP contribution in [-0.2, 0) is 11.3 Å². The number of hydrogen-bond acceptors (Lipinski definition) is 1. The van der Waals surface area contributed by atoms with Crippen molar-refractivity contribution in [3.05, 3.63) is 34.1 Å². The molecule has 0 saturated carbocycles. The van der Waals surface area contributed by atoms with Gasteiger partial charge in [-0.15, -0.1) is 0 Å². The number of ether oxygens (including phenoxy) is 1. The molecule has 1 aromatic rings. The highest BCUT2D eigenvalue weighted by Gasteiger charge is 1.98. The van der Waals surface area contributed by atoms with Gasteiger partial charge in [0.1, 0.15) is 5.82 Å². The molecule has 1 rings (SSSR count). The second-order valence-corrected chi connectivity index (χ2v) is 2.89. The Kier molecular flexibility index (Phi) is 1.84. The third-order valence-corrected chi connectivity index (χ3v) is 1.87. The number of hydrogen-bond donors (Lipinski definition) is 0. The molecular weight excluding hydrogens is 211 g/mol. The smallest absolute Gasteiger partial charge is 0.137 e. The lowest BCUT2D eigenvalue weighted by Gasteiger charge is -1.99. The predicted octanol–water partition coefficient (Wildman–Crippen LogP) is 2.73. The fourth-order valence-corrected chi connectivity index (χ4v) is 0.959. The molecule has 0 bridgehead atoms. The minimum atomic E-state index is -2.44. The van der Waals surface area contributed by atoms with E-state index in [0.717, 1.165) is 0 Å². The third kappa shape index (κ3) is 2.27. The first kappa shape index (κ1) is 5.27. The molecule has 11 heavy (non-hydrogen) atoms. The van der Waals surface area contributed by atoms with Gasteiger partial charge in [-0.05, 0) is 33.6 Å². The Balaban J connectivity index is 2.65. The van der Waals surface area contributed by atoms with Crippen molar-refractivity contribution in [1.29, 1.82) is 0 Å². The zero-order valence-corrected chi connectivity index (χ0v) is 7.19. The van der Waals surface area contributed by atoms with Crippen molar-refractivity contribution in [2.24, 2.45) is 0 Å². The summed E-state index contributed by atoms with van der Waals surface area (Å²) in [5.74, 6) is -0.434. The molecule has 0 aliphatic heterocycles. The van der Waals surface area contributed by atoms with Crippen LogP contribution in [0.3, 0.4) is 0 Å². The first-order valence-electron chi connectivity index (χ1n) is 4.46. The van der Waals surface area contributed by atoms with Crippen LogP contribution >= 0.6 is 15.9 Å².